The van der Waals surface area contributed by atoms with Gasteiger partial charge in [0.1, 0.15) is 5.75 Å². The second-order valence-electron chi connectivity index (χ2n) is 3.28. The van der Waals surface area contributed by atoms with Crippen molar-refractivity contribution in [2.75, 3.05) is 0 Å². The number of phenolic OH excluding ortho intramolecular Hbond substituents is 1. The summed E-state index contributed by atoms with van der Waals surface area (Å²) in [6.07, 6.45) is 0. The molecule has 2 rings (SSSR count). The molecule has 3 N–H and O–H groups in total. The van der Waals surface area contributed by atoms with E-state index < -0.39 is 6.04 Å². The van der Waals surface area contributed by atoms with Crippen LogP contribution in [0.4, 0.5) is 0 Å². The van der Waals surface area contributed by atoms with Crippen molar-refractivity contribution < 1.29 is 5.11 Å². The van der Waals surface area contributed by atoms with E-state index in [-0.39, 0.29) is 18.2 Å². The third kappa shape index (κ3) is 2.95. The summed E-state index contributed by atoms with van der Waals surface area (Å²) >= 11 is 10.8. The maximum Gasteiger partial charge on any atom is 0.136 e. The molecule has 1 atom stereocenters. The number of thiophene rings is 1. The van der Waals surface area contributed by atoms with E-state index in [4.69, 9.17) is 17.3 Å². The predicted octanol–water partition coefficient (Wildman–Crippen LogP) is 4.34. The van der Waals surface area contributed by atoms with E-state index in [1.807, 2.05) is 17.5 Å². The zero-order valence-electron chi connectivity index (χ0n) is 8.56. The van der Waals surface area contributed by atoms with E-state index in [1.54, 1.807) is 12.1 Å². The van der Waals surface area contributed by atoms with Gasteiger partial charge in [-0.2, -0.15) is 0 Å². The fourth-order valence-corrected chi connectivity index (χ4v) is 2.81. The van der Waals surface area contributed by atoms with Crippen LogP contribution in [0.15, 0.2) is 34.1 Å². The fraction of sp³-hybridized carbons (Fsp3) is 0.0909. The summed E-state index contributed by atoms with van der Waals surface area (Å²) in [5.41, 5.74) is 6.63. The van der Waals surface area contributed by atoms with Gasteiger partial charge in [0, 0.05) is 15.5 Å². The zero-order valence-corrected chi connectivity index (χ0v) is 12.5. The van der Waals surface area contributed by atoms with Gasteiger partial charge in [0.25, 0.3) is 0 Å². The molecule has 0 aliphatic heterocycles. The Balaban J connectivity index is 0.00000144. The van der Waals surface area contributed by atoms with E-state index in [2.05, 4.69) is 15.9 Å². The molecule has 0 spiro atoms. The van der Waals surface area contributed by atoms with Crippen molar-refractivity contribution >= 4 is 51.3 Å². The normalized spacial score (nSPS) is 11.9. The van der Waals surface area contributed by atoms with Gasteiger partial charge in [0.05, 0.1) is 10.5 Å². The van der Waals surface area contributed by atoms with Crippen molar-refractivity contribution in [1.82, 2.24) is 0 Å². The van der Waals surface area contributed by atoms with Gasteiger partial charge in [0.15, 0.2) is 0 Å². The number of phenols is 1. The summed E-state index contributed by atoms with van der Waals surface area (Å²) < 4.78 is 0.596. The lowest BCUT2D eigenvalue weighted by atomic mass is 10.1. The Morgan fingerprint density at radius 1 is 1.35 bits per heavy atom. The van der Waals surface area contributed by atoms with Crippen molar-refractivity contribution in [2.45, 2.75) is 6.04 Å². The molecule has 2 aromatic rings. The molecule has 1 heterocycles. The van der Waals surface area contributed by atoms with Crippen molar-refractivity contribution in [3.05, 3.63) is 49.6 Å². The molecule has 0 radical (unpaired) electrons. The smallest absolute Gasteiger partial charge is 0.136 e. The molecule has 6 heteroatoms. The van der Waals surface area contributed by atoms with Crippen LogP contribution in [0.3, 0.4) is 0 Å². The minimum Gasteiger partial charge on any atom is -0.506 e. The Bertz CT molecular complexity index is 504. The first kappa shape index (κ1) is 14.8. The standard InChI is InChI=1S/C11H9BrClNOS.ClH/c12-6-3-4-7(13)9(11(6)15)10(14)8-2-1-5-16-8;/h1-5,10,15H,14H2;1H/t10-;/m0./s1. The Kier molecular flexibility index (Phi) is 5.28. The summed E-state index contributed by atoms with van der Waals surface area (Å²) in [5.74, 6) is 0.105. The summed E-state index contributed by atoms with van der Waals surface area (Å²) in [6.45, 7) is 0. The molecule has 0 saturated carbocycles. The lowest BCUT2D eigenvalue weighted by Crippen LogP contribution is -2.11. The van der Waals surface area contributed by atoms with E-state index in [9.17, 15) is 5.11 Å². The molecule has 2 nitrogen and oxygen atoms in total. The molecule has 0 aliphatic rings. The molecule has 0 amide bonds. The quantitative estimate of drug-likeness (QED) is 0.842. The zero-order chi connectivity index (χ0) is 11.7. The van der Waals surface area contributed by atoms with E-state index in [0.717, 1.165) is 4.88 Å². The number of halogens is 3. The third-order valence-electron chi connectivity index (χ3n) is 2.28. The van der Waals surface area contributed by atoms with Crippen LogP contribution in [0.5, 0.6) is 5.75 Å². The fourth-order valence-electron chi connectivity index (χ4n) is 1.46. The topological polar surface area (TPSA) is 46.2 Å². The monoisotopic (exact) mass is 353 g/mol. The van der Waals surface area contributed by atoms with Crippen LogP contribution in [0.2, 0.25) is 5.02 Å². The molecule has 0 fully saturated rings. The Labute approximate surface area is 123 Å². The van der Waals surface area contributed by atoms with Crippen molar-refractivity contribution in [1.29, 1.82) is 0 Å². The van der Waals surface area contributed by atoms with Gasteiger partial charge in [-0.15, -0.1) is 23.7 Å². The molecule has 0 aliphatic carbocycles. The molecule has 1 aromatic heterocycles. The van der Waals surface area contributed by atoms with Crippen LogP contribution >= 0.6 is 51.3 Å². The Hall–Kier alpha value is -0.260. The van der Waals surface area contributed by atoms with Gasteiger partial charge in [-0.05, 0) is 39.5 Å². The SMILES string of the molecule is Cl.N[C@@H](c1cccs1)c1c(Cl)ccc(Br)c1O. The number of aromatic hydroxyl groups is 1. The van der Waals surface area contributed by atoms with Crippen LogP contribution < -0.4 is 5.73 Å². The lowest BCUT2D eigenvalue weighted by molar-refractivity contribution is 0.462. The Morgan fingerprint density at radius 3 is 2.65 bits per heavy atom. The largest absolute Gasteiger partial charge is 0.506 e. The first-order valence-corrected chi connectivity index (χ1v) is 6.62. The first-order chi connectivity index (χ1) is 7.61. The van der Waals surface area contributed by atoms with Crippen LogP contribution in [0.1, 0.15) is 16.5 Å². The summed E-state index contributed by atoms with van der Waals surface area (Å²) in [5, 5.41) is 12.4. The van der Waals surface area contributed by atoms with Gasteiger partial charge >= 0.3 is 0 Å². The van der Waals surface area contributed by atoms with Gasteiger partial charge < -0.3 is 10.8 Å². The van der Waals surface area contributed by atoms with Crippen molar-refractivity contribution in [3.8, 4) is 5.75 Å². The van der Waals surface area contributed by atoms with E-state index in [1.165, 1.54) is 11.3 Å². The second kappa shape index (κ2) is 6.07. The van der Waals surface area contributed by atoms with E-state index in [0.29, 0.717) is 15.1 Å². The minimum absolute atomic E-state index is 0. The molecule has 17 heavy (non-hydrogen) atoms. The summed E-state index contributed by atoms with van der Waals surface area (Å²) in [7, 11) is 0. The van der Waals surface area contributed by atoms with Crippen LogP contribution in [-0.4, -0.2) is 5.11 Å². The number of hydrogen-bond donors (Lipinski definition) is 2. The molecule has 1 aromatic carbocycles. The van der Waals surface area contributed by atoms with Crippen LogP contribution in [0, 0.1) is 0 Å². The summed E-state index contributed by atoms with van der Waals surface area (Å²) in [6, 6.07) is 6.86. The highest BCUT2D eigenvalue weighted by Crippen LogP contribution is 2.39. The van der Waals surface area contributed by atoms with Crippen molar-refractivity contribution in [2.24, 2.45) is 5.73 Å². The lowest BCUT2D eigenvalue weighted by Gasteiger charge is -2.14. The average Bonchev–Trinajstić information content (AvgIpc) is 2.77. The van der Waals surface area contributed by atoms with Gasteiger partial charge in [0.2, 0.25) is 0 Å². The highest BCUT2D eigenvalue weighted by atomic mass is 79.9. The number of hydrogen-bond acceptors (Lipinski definition) is 3. The maximum absolute atomic E-state index is 9.94. The molecular formula is C11H10BrCl2NOS. The van der Waals surface area contributed by atoms with Gasteiger partial charge in [-0.25, -0.2) is 0 Å². The first-order valence-electron chi connectivity index (χ1n) is 4.57. The van der Waals surface area contributed by atoms with Gasteiger partial charge in [-0.3, -0.25) is 0 Å². The highest BCUT2D eigenvalue weighted by Gasteiger charge is 2.19. The molecule has 0 bridgehead atoms. The Morgan fingerprint density at radius 2 is 2.06 bits per heavy atom. The molecule has 92 valence electrons. The molecular weight excluding hydrogens is 345 g/mol. The third-order valence-corrected chi connectivity index (χ3v) is 4.20. The van der Waals surface area contributed by atoms with Crippen LogP contribution in [0.25, 0.3) is 0 Å². The number of rotatable bonds is 2. The highest BCUT2D eigenvalue weighted by molar-refractivity contribution is 9.10. The second-order valence-corrected chi connectivity index (χ2v) is 5.53. The average molecular weight is 355 g/mol. The van der Waals surface area contributed by atoms with Crippen LogP contribution in [-0.2, 0) is 0 Å². The molecule has 0 unspecified atom stereocenters. The predicted molar refractivity (Wildman–Crippen MR) is 78.4 cm³/mol. The van der Waals surface area contributed by atoms with Crippen molar-refractivity contribution in [3.63, 3.8) is 0 Å². The number of nitrogens with two attached hydrogens (primary N) is 1. The minimum atomic E-state index is -0.398. The van der Waals surface area contributed by atoms with Gasteiger partial charge in [-0.1, -0.05) is 17.7 Å². The number of benzene rings is 1. The molecule has 0 saturated heterocycles. The van der Waals surface area contributed by atoms with E-state index >= 15 is 0 Å². The summed E-state index contributed by atoms with van der Waals surface area (Å²) in [4.78, 5) is 0.968. The maximum atomic E-state index is 9.94.